The fourth-order valence-electron chi connectivity index (χ4n) is 1.89. The van der Waals surface area contributed by atoms with Crippen LogP contribution in [0.4, 0.5) is 33.5 Å². The minimum atomic E-state index is -4.70. The predicted molar refractivity (Wildman–Crippen MR) is 88.0 cm³/mol. The number of alkyl halides is 3. The Morgan fingerprint density at radius 2 is 1.85 bits per heavy atom. The van der Waals surface area contributed by atoms with Gasteiger partial charge in [-0.1, -0.05) is 23.2 Å². The van der Waals surface area contributed by atoms with Gasteiger partial charge in [-0.3, -0.25) is 9.63 Å². The highest BCUT2D eigenvalue weighted by molar-refractivity contribution is 6.33. The van der Waals surface area contributed by atoms with Crippen molar-refractivity contribution in [2.24, 2.45) is 0 Å². The van der Waals surface area contributed by atoms with E-state index in [1.54, 1.807) is 6.92 Å². The Kier molecular flexibility index (Phi) is 6.45. The summed E-state index contributed by atoms with van der Waals surface area (Å²) in [6.07, 6.45) is -4.26. The number of benzene rings is 1. The van der Waals surface area contributed by atoms with Crippen molar-refractivity contribution < 1.29 is 31.6 Å². The van der Waals surface area contributed by atoms with E-state index < -0.39 is 56.4 Å². The highest BCUT2D eigenvalue weighted by Crippen LogP contribution is 2.35. The third-order valence-electron chi connectivity index (χ3n) is 3.13. The van der Waals surface area contributed by atoms with Gasteiger partial charge in [0.1, 0.15) is 5.82 Å². The van der Waals surface area contributed by atoms with Crippen LogP contribution in [0.15, 0.2) is 18.3 Å². The Morgan fingerprint density at radius 3 is 2.41 bits per heavy atom. The Bertz CT molecular complexity index is 878. The summed E-state index contributed by atoms with van der Waals surface area (Å²) >= 11 is 11.3. The van der Waals surface area contributed by atoms with Crippen molar-refractivity contribution >= 4 is 40.6 Å². The summed E-state index contributed by atoms with van der Waals surface area (Å²) in [4.78, 5) is 20.2. The number of halogens is 7. The molecule has 12 heteroatoms. The Morgan fingerprint density at radius 1 is 1.19 bits per heavy atom. The van der Waals surface area contributed by atoms with Gasteiger partial charge in [0.25, 0.3) is 5.91 Å². The second-order valence-electron chi connectivity index (χ2n) is 4.95. The van der Waals surface area contributed by atoms with E-state index in [4.69, 9.17) is 23.2 Å². The third-order valence-corrected chi connectivity index (χ3v) is 3.69. The topological polar surface area (TPSA) is 63.2 Å². The number of rotatable bonds is 5. The first-order chi connectivity index (χ1) is 12.6. The molecule has 146 valence electrons. The summed E-state index contributed by atoms with van der Waals surface area (Å²) in [5.41, 5.74) is -0.394. The molecule has 0 spiro atoms. The number of hydrogen-bond donors (Lipinski definition) is 2. The molecule has 0 aliphatic carbocycles. The van der Waals surface area contributed by atoms with E-state index >= 15 is 0 Å². The second-order valence-corrected chi connectivity index (χ2v) is 5.76. The number of pyridine rings is 1. The van der Waals surface area contributed by atoms with Crippen molar-refractivity contribution in [1.29, 1.82) is 0 Å². The summed E-state index contributed by atoms with van der Waals surface area (Å²) in [5, 5.41) is 0.992. The molecule has 1 aromatic heterocycles. The van der Waals surface area contributed by atoms with Crippen LogP contribution in [0, 0.1) is 11.6 Å². The van der Waals surface area contributed by atoms with Gasteiger partial charge in [-0.15, -0.1) is 0 Å². The molecule has 1 amide bonds. The van der Waals surface area contributed by atoms with Crippen LogP contribution in [0.5, 0.6) is 0 Å². The van der Waals surface area contributed by atoms with E-state index in [1.807, 2.05) is 5.48 Å². The average Bonchev–Trinajstić information content (AvgIpc) is 2.60. The zero-order chi connectivity index (χ0) is 20.4. The van der Waals surface area contributed by atoms with E-state index in [1.165, 1.54) is 0 Å². The maximum absolute atomic E-state index is 14.3. The summed E-state index contributed by atoms with van der Waals surface area (Å²) in [6.45, 7) is 1.64. The van der Waals surface area contributed by atoms with Crippen molar-refractivity contribution in [1.82, 2.24) is 10.5 Å². The lowest BCUT2D eigenvalue weighted by molar-refractivity contribution is -0.137. The van der Waals surface area contributed by atoms with Gasteiger partial charge in [0.05, 0.1) is 33.5 Å². The Balaban J connectivity index is 2.49. The lowest BCUT2D eigenvalue weighted by Crippen LogP contribution is -2.25. The molecule has 27 heavy (non-hydrogen) atoms. The maximum atomic E-state index is 14.3. The molecule has 2 aromatic rings. The molecule has 0 aliphatic heterocycles. The van der Waals surface area contributed by atoms with Gasteiger partial charge >= 0.3 is 6.18 Å². The molecule has 0 radical (unpaired) electrons. The largest absolute Gasteiger partial charge is 0.417 e. The van der Waals surface area contributed by atoms with Crippen molar-refractivity contribution in [2.45, 2.75) is 13.1 Å². The number of nitrogens with zero attached hydrogens (tertiary/aromatic N) is 1. The van der Waals surface area contributed by atoms with Crippen LogP contribution < -0.4 is 10.8 Å². The minimum absolute atomic E-state index is 0.0815. The number of aromatic nitrogens is 1. The molecule has 2 rings (SSSR count). The third kappa shape index (κ3) is 4.76. The van der Waals surface area contributed by atoms with Crippen molar-refractivity contribution in [3.05, 3.63) is 51.1 Å². The van der Waals surface area contributed by atoms with E-state index in [0.29, 0.717) is 12.3 Å². The maximum Gasteiger partial charge on any atom is 0.417 e. The van der Waals surface area contributed by atoms with Gasteiger partial charge in [0.2, 0.25) is 0 Å². The monoisotopic (exact) mass is 429 g/mol. The molecule has 5 nitrogen and oxygen atoms in total. The molecule has 0 bridgehead atoms. The van der Waals surface area contributed by atoms with Crippen LogP contribution in [-0.4, -0.2) is 17.5 Å². The number of anilines is 2. The van der Waals surface area contributed by atoms with Crippen LogP contribution >= 0.6 is 23.2 Å². The normalized spacial score (nSPS) is 11.4. The van der Waals surface area contributed by atoms with Crippen molar-refractivity contribution in [3.63, 3.8) is 0 Å². The van der Waals surface area contributed by atoms with E-state index in [-0.39, 0.29) is 6.61 Å². The molecule has 1 aromatic carbocycles. The van der Waals surface area contributed by atoms with Crippen LogP contribution in [0.2, 0.25) is 10.0 Å². The number of hydroxylamine groups is 1. The van der Waals surface area contributed by atoms with E-state index in [9.17, 15) is 26.7 Å². The predicted octanol–water partition coefficient (Wildman–Crippen LogP) is 5.11. The van der Waals surface area contributed by atoms with E-state index in [0.717, 1.165) is 6.07 Å². The van der Waals surface area contributed by atoms with Crippen LogP contribution in [0.25, 0.3) is 0 Å². The Labute approximate surface area is 159 Å². The molecule has 0 unspecified atom stereocenters. The lowest BCUT2D eigenvalue weighted by Gasteiger charge is -2.15. The first-order valence-corrected chi connectivity index (χ1v) is 7.91. The first-order valence-electron chi connectivity index (χ1n) is 7.15. The van der Waals surface area contributed by atoms with Gasteiger partial charge in [-0.2, -0.15) is 13.2 Å². The van der Waals surface area contributed by atoms with Gasteiger partial charge in [0.15, 0.2) is 11.6 Å². The molecular formula is C15H10Cl2F5N3O2. The van der Waals surface area contributed by atoms with E-state index in [2.05, 4.69) is 15.1 Å². The molecule has 2 N–H and O–H groups in total. The van der Waals surface area contributed by atoms with Gasteiger partial charge < -0.3 is 5.32 Å². The summed E-state index contributed by atoms with van der Waals surface area (Å²) in [6, 6.07) is 1.36. The quantitative estimate of drug-likeness (QED) is 0.393. The van der Waals surface area contributed by atoms with Crippen LogP contribution in [0.3, 0.4) is 0 Å². The summed E-state index contributed by atoms with van der Waals surface area (Å²) < 4.78 is 66.1. The molecular weight excluding hydrogens is 420 g/mol. The molecule has 0 saturated carbocycles. The zero-order valence-corrected chi connectivity index (χ0v) is 14.9. The standard InChI is InChI=1S/C15H10Cl2F5N3O2/c1-2-27-25-14(26)7-4-8(16)10(18)11(19)12(7)24-13-9(17)3-6(5-23-13)15(20,21)22/h3-5H,2H2,1H3,(H,23,24)(H,25,26). The summed E-state index contributed by atoms with van der Waals surface area (Å²) in [5.74, 6) is -4.45. The van der Waals surface area contributed by atoms with Gasteiger partial charge in [-0.25, -0.2) is 19.2 Å². The number of amides is 1. The fourth-order valence-corrected chi connectivity index (χ4v) is 2.30. The number of carbonyl (C=O) groups is 1. The average molecular weight is 430 g/mol. The number of carbonyl (C=O) groups excluding carboxylic acids is 1. The van der Waals surface area contributed by atoms with Gasteiger partial charge in [0, 0.05) is 6.20 Å². The van der Waals surface area contributed by atoms with Crippen LogP contribution in [-0.2, 0) is 11.0 Å². The van der Waals surface area contributed by atoms with Gasteiger partial charge in [-0.05, 0) is 19.1 Å². The smallest absolute Gasteiger partial charge is 0.336 e. The molecule has 0 aliphatic rings. The lowest BCUT2D eigenvalue weighted by atomic mass is 10.1. The zero-order valence-electron chi connectivity index (χ0n) is 13.3. The van der Waals surface area contributed by atoms with Crippen LogP contribution in [0.1, 0.15) is 22.8 Å². The minimum Gasteiger partial charge on any atom is -0.336 e. The molecule has 1 heterocycles. The highest BCUT2D eigenvalue weighted by atomic mass is 35.5. The summed E-state index contributed by atoms with van der Waals surface area (Å²) in [7, 11) is 0. The molecule has 0 atom stereocenters. The van der Waals surface area contributed by atoms with Crippen molar-refractivity contribution in [3.8, 4) is 0 Å². The number of nitrogens with one attached hydrogen (secondary N) is 2. The second kappa shape index (κ2) is 8.24. The first kappa shape index (κ1) is 21.1. The SMILES string of the molecule is CCONC(=O)c1cc(Cl)c(F)c(F)c1Nc1ncc(C(F)(F)F)cc1Cl. The Hall–Kier alpha value is -2.17. The fraction of sp³-hybridized carbons (Fsp3) is 0.200. The highest BCUT2D eigenvalue weighted by Gasteiger charge is 2.32. The number of hydrogen-bond acceptors (Lipinski definition) is 4. The van der Waals surface area contributed by atoms with Crippen molar-refractivity contribution in [2.75, 3.05) is 11.9 Å². The molecule has 0 saturated heterocycles. The molecule has 0 fully saturated rings.